The third-order valence-electron chi connectivity index (χ3n) is 2.81. The van der Waals surface area contributed by atoms with Crippen LogP contribution in [-0.2, 0) is 6.42 Å². The van der Waals surface area contributed by atoms with Crippen LogP contribution in [0.2, 0.25) is 0 Å². The van der Waals surface area contributed by atoms with Crippen LogP contribution in [0.25, 0.3) is 0 Å². The van der Waals surface area contributed by atoms with Gasteiger partial charge in [-0.1, -0.05) is 6.92 Å². The fourth-order valence-electron chi connectivity index (χ4n) is 2.20. The van der Waals surface area contributed by atoms with Gasteiger partial charge in [0, 0.05) is 24.5 Å². The van der Waals surface area contributed by atoms with Crippen LogP contribution in [0.5, 0.6) is 0 Å². The topological polar surface area (TPSA) is 29.3 Å². The fourth-order valence-corrected chi connectivity index (χ4v) is 2.20. The first-order valence-corrected chi connectivity index (χ1v) is 5.44. The highest BCUT2D eigenvalue weighted by atomic mass is 15.1. The van der Waals surface area contributed by atoms with E-state index in [1.165, 1.54) is 37.1 Å². The average molecular weight is 190 g/mol. The van der Waals surface area contributed by atoms with Gasteiger partial charge in [0.2, 0.25) is 0 Å². The highest BCUT2D eigenvalue weighted by Gasteiger charge is 2.15. The predicted molar refractivity (Wildman–Crippen MR) is 61.7 cm³/mol. The molecule has 0 saturated carbocycles. The molecule has 1 aromatic rings. The van der Waals surface area contributed by atoms with E-state index < -0.39 is 0 Å². The molecule has 2 nitrogen and oxygen atoms in total. The molecular formula is C12H18N2. The van der Waals surface area contributed by atoms with Crippen molar-refractivity contribution < 1.29 is 0 Å². The minimum Gasteiger partial charge on any atom is -0.399 e. The van der Waals surface area contributed by atoms with Crippen molar-refractivity contribution in [1.82, 2.24) is 0 Å². The molecule has 1 aliphatic heterocycles. The molecule has 1 aromatic carbocycles. The molecule has 0 saturated heterocycles. The summed E-state index contributed by atoms with van der Waals surface area (Å²) >= 11 is 0. The molecule has 0 unspecified atom stereocenters. The fraction of sp³-hybridized carbons (Fsp3) is 0.500. The first-order valence-electron chi connectivity index (χ1n) is 5.44. The minimum absolute atomic E-state index is 0.891. The van der Waals surface area contributed by atoms with E-state index in [9.17, 15) is 0 Å². The quantitative estimate of drug-likeness (QED) is 0.726. The first-order chi connectivity index (χ1) is 6.81. The summed E-state index contributed by atoms with van der Waals surface area (Å²) in [5, 5.41) is 0. The van der Waals surface area contributed by atoms with E-state index in [1.807, 2.05) is 6.07 Å². The Bertz CT molecular complexity index is 320. The number of hydrogen-bond donors (Lipinski definition) is 1. The van der Waals surface area contributed by atoms with Gasteiger partial charge in [0.25, 0.3) is 0 Å². The normalized spacial score (nSPS) is 15.4. The molecule has 0 aliphatic carbocycles. The van der Waals surface area contributed by atoms with Gasteiger partial charge in [-0.05, 0) is 43.0 Å². The second-order valence-corrected chi connectivity index (χ2v) is 3.98. The van der Waals surface area contributed by atoms with Gasteiger partial charge in [-0.25, -0.2) is 0 Å². The summed E-state index contributed by atoms with van der Waals surface area (Å²) in [5.41, 5.74) is 9.49. The Labute approximate surface area is 85.7 Å². The van der Waals surface area contributed by atoms with E-state index in [0.29, 0.717) is 0 Å². The molecule has 0 atom stereocenters. The predicted octanol–water partition coefficient (Wildman–Crippen LogP) is 2.43. The number of aryl methyl sites for hydroxylation is 1. The van der Waals surface area contributed by atoms with E-state index in [1.54, 1.807) is 0 Å². The van der Waals surface area contributed by atoms with Crippen LogP contribution in [-0.4, -0.2) is 13.1 Å². The van der Waals surface area contributed by atoms with Gasteiger partial charge in [0.05, 0.1) is 0 Å². The van der Waals surface area contributed by atoms with Crippen molar-refractivity contribution in [2.75, 3.05) is 23.7 Å². The Kier molecular flexibility index (Phi) is 2.62. The van der Waals surface area contributed by atoms with Gasteiger partial charge in [0.1, 0.15) is 0 Å². The molecule has 2 heteroatoms. The molecule has 2 rings (SSSR count). The summed E-state index contributed by atoms with van der Waals surface area (Å²) in [4.78, 5) is 2.47. The van der Waals surface area contributed by atoms with Gasteiger partial charge in [-0.15, -0.1) is 0 Å². The van der Waals surface area contributed by atoms with Crippen molar-refractivity contribution in [1.29, 1.82) is 0 Å². The number of hydrogen-bond acceptors (Lipinski definition) is 2. The zero-order valence-corrected chi connectivity index (χ0v) is 8.79. The molecule has 14 heavy (non-hydrogen) atoms. The Morgan fingerprint density at radius 2 is 2.29 bits per heavy atom. The Morgan fingerprint density at radius 1 is 1.43 bits per heavy atom. The van der Waals surface area contributed by atoms with Crippen LogP contribution in [0.4, 0.5) is 11.4 Å². The van der Waals surface area contributed by atoms with Crippen molar-refractivity contribution in [2.45, 2.75) is 26.2 Å². The van der Waals surface area contributed by atoms with Gasteiger partial charge in [0.15, 0.2) is 0 Å². The molecule has 0 amide bonds. The summed E-state index contributed by atoms with van der Waals surface area (Å²) < 4.78 is 0. The lowest BCUT2D eigenvalue weighted by Crippen LogP contribution is -2.29. The van der Waals surface area contributed by atoms with E-state index in [-0.39, 0.29) is 0 Å². The lowest BCUT2D eigenvalue weighted by atomic mass is 10.0. The standard InChI is InChI=1S/C12H18N2/c1-2-7-14-8-3-4-10-9-11(13)5-6-12(10)14/h5-6,9H,2-4,7-8,13H2,1H3. The second kappa shape index (κ2) is 3.91. The first kappa shape index (κ1) is 9.38. The summed E-state index contributed by atoms with van der Waals surface area (Å²) in [6, 6.07) is 6.30. The Hall–Kier alpha value is -1.18. The number of fused-ring (bicyclic) bond motifs is 1. The van der Waals surface area contributed by atoms with E-state index in [4.69, 9.17) is 5.73 Å². The van der Waals surface area contributed by atoms with Crippen molar-refractivity contribution in [3.63, 3.8) is 0 Å². The molecule has 2 N–H and O–H groups in total. The number of benzene rings is 1. The monoisotopic (exact) mass is 190 g/mol. The smallest absolute Gasteiger partial charge is 0.0400 e. The zero-order chi connectivity index (χ0) is 9.97. The molecule has 0 fully saturated rings. The van der Waals surface area contributed by atoms with E-state index in [2.05, 4.69) is 24.0 Å². The van der Waals surface area contributed by atoms with Crippen molar-refractivity contribution in [2.24, 2.45) is 0 Å². The largest absolute Gasteiger partial charge is 0.399 e. The third-order valence-corrected chi connectivity index (χ3v) is 2.81. The molecule has 1 heterocycles. The van der Waals surface area contributed by atoms with Crippen LogP contribution in [0.15, 0.2) is 18.2 Å². The number of nitrogens with two attached hydrogens (primary N) is 1. The number of nitrogens with zero attached hydrogens (tertiary/aromatic N) is 1. The minimum atomic E-state index is 0.891. The zero-order valence-electron chi connectivity index (χ0n) is 8.79. The lowest BCUT2D eigenvalue weighted by molar-refractivity contribution is 0.681. The van der Waals surface area contributed by atoms with Crippen LogP contribution in [0, 0.1) is 0 Å². The van der Waals surface area contributed by atoms with E-state index in [0.717, 1.165) is 12.2 Å². The van der Waals surface area contributed by atoms with Gasteiger partial charge >= 0.3 is 0 Å². The summed E-state index contributed by atoms with van der Waals surface area (Å²) in [6.45, 7) is 4.59. The van der Waals surface area contributed by atoms with Gasteiger partial charge in [-0.3, -0.25) is 0 Å². The SMILES string of the molecule is CCCN1CCCc2cc(N)ccc21. The van der Waals surface area contributed by atoms with Crippen LogP contribution < -0.4 is 10.6 Å². The number of nitrogen functional groups attached to an aromatic ring is 1. The number of anilines is 2. The number of rotatable bonds is 2. The average Bonchev–Trinajstić information content (AvgIpc) is 2.18. The van der Waals surface area contributed by atoms with Crippen molar-refractivity contribution >= 4 is 11.4 Å². The van der Waals surface area contributed by atoms with Crippen molar-refractivity contribution in [3.8, 4) is 0 Å². The summed E-state index contributed by atoms with van der Waals surface area (Å²) in [7, 11) is 0. The molecule has 0 aromatic heterocycles. The van der Waals surface area contributed by atoms with Gasteiger partial charge in [-0.2, -0.15) is 0 Å². The highest BCUT2D eigenvalue weighted by molar-refractivity contribution is 5.60. The molecule has 76 valence electrons. The maximum atomic E-state index is 5.78. The van der Waals surface area contributed by atoms with Crippen LogP contribution >= 0.6 is 0 Å². The summed E-state index contributed by atoms with van der Waals surface area (Å²) in [5.74, 6) is 0. The third kappa shape index (κ3) is 1.69. The Morgan fingerprint density at radius 3 is 3.07 bits per heavy atom. The lowest BCUT2D eigenvalue weighted by Gasteiger charge is -2.31. The molecular weight excluding hydrogens is 172 g/mol. The second-order valence-electron chi connectivity index (χ2n) is 3.98. The maximum absolute atomic E-state index is 5.78. The molecule has 0 spiro atoms. The molecule has 0 bridgehead atoms. The van der Waals surface area contributed by atoms with E-state index >= 15 is 0 Å². The van der Waals surface area contributed by atoms with Crippen LogP contribution in [0.3, 0.4) is 0 Å². The molecule has 0 radical (unpaired) electrons. The Balaban J connectivity index is 2.30. The molecule has 1 aliphatic rings. The van der Waals surface area contributed by atoms with Crippen LogP contribution in [0.1, 0.15) is 25.3 Å². The summed E-state index contributed by atoms with van der Waals surface area (Å²) in [6.07, 6.45) is 3.65. The maximum Gasteiger partial charge on any atom is 0.0400 e. The van der Waals surface area contributed by atoms with Crippen molar-refractivity contribution in [3.05, 3.63) is 23.8 Å². The van der Waals surface area contributed by atoms with Gasteiger partial charge < -0.3 is 10.6 Å². The highest BCUT2D eigenvalue weighted by Crippen LogP contribution is 2.28.